The first-order chi connectivity index (χ1) is 5.15. The number of aryl methyl sites for hydroxylation is 2. The zero-order valence-electron chi connectivity index (χ0n) is 6.76. The second kappa shape index (κ2) is 3.00. The van der Waals surface area contributed by atoms with E-state index >= 15 is 0 Å². The van der Waals surface area contributed by atoms with Crippen LogP contribution in [-0.4, -0.2) is 17.1 Å². The van der Waals surface area contributed by atoms with E-state index in [4.69, 9.17) is 17.0 Å². The molecule has 0 aliphatic rings. The number of hydrogen-bond donors (Lipinski definition) is 1. The lowest BCUT2D eigenvalue weighted by Gasteiger charge is -2.05. The van der Waals surface area contributed by atoms with E-state index < -0.39 is 0 Å². The van der Waals surface area contributed by atoms with Gasteiger partial charge in [-0.15, -0.1) is 0 Å². The summed E-state index contributed by atoms with van der Waals surface area (Å²) in [5.74, 6) is 0.776. The van der Waals surface area contributed by atoms with Gasteiger partial charge in [0.25, 0.3) is 0 Å². The molecule has 1 aromatic rings. The van der Waals surface area contributed by atoms with Crippen molar-refractivity contribution in [2.75, 3.05) is 7.11 Å². The first-order valence-electron chi connectivity index (χ1n) is 3.26. The van der Waals surface area contributed by atoms with Gasteiger partial charge in [-0.1, -0.05) is 0 Å². The number of H-pyrrole nitrogens is 1. The predicted molar refractivity (Wildman–Crippen MR) is 45.4 cm³/mol. The molecule has 4 heteroatoms. The molecule has 0 aromatic carbocycles. The summed E-state index contributed by atoms with van der Waals surface area (Å²) in [5.41, 5.74) is 1.75. The first-order valence-corrected chi connectivity index (χ1v) is 3.67. The van der Waals surface area contributed by atoms with Gasteiger partial charge in [0.1, 0.15) is 0 Å². The smallest absolute Gasteiger partial charge is 0.197 e. The number of aromatic nitrogens is 2. The van der Waals surface area contributed by atoms with Crippen molar-refractivity contribution >= 4 is 12.2 Å². The summed E-state index contributed by atoms with van der Waals surface area (Å²) in [6, 6.07) is 0. The van der Waals surface area contributed by atoms with Gasteiger partial charge in [-0.25, -0.2) is 4.98 Å². The van der Waals surface area contributed by atoms with Gasteiger partial charge >= 0.3 is 0 Å². The standard InChI is InChI=1S/C7H10N2OS/c1-4-6(10-3)5(2)9-7(11)8-4/h1-3H3,(H,8,9,11). The molecule has 0 radical (unpaired) electrons. The normalized spacial score (nSPS) is 9.73. The maximum atomic E-state index is 5.09. The van der Waals surface area contributed by atoms with Crippen molar-refractivity contribution in [1.82, 2.24) is 9.97 Å². The van der Waals surface area contributed by atoms with Gasteiger partial charge in [0.2, 0.25) is 0 Å². The number of nitrogens with zero attached hydrogens (tertiary/aromatic N) is 1. The summed E-state index contributed by atoms with van der Waals surface area (Å²) < 4.78 is 5.59. The third-order valence-electron chi connectivity index (χ3n) is 1.44. The highest BCUT2D eigenvalue weighted by atomic mass is 32.1. The molecule has 0 spiro atoms. The van der Waals surface area contributed by atoms with E-state index in [0.29, 0.717) is 4.77 Å². The van der Waals surface area contributed by atoms with Crippen LogP contribution in [0.25, 0.3) is 0 Å². The van der Waals surface area contributed by atoms with Gasteiger partial charge in [-0.3, -0.25) is 0 Å². The lowest BCUT2D eigenvalue weighted by atomic mass is 10.3. The van der Waals surface area contributed by atoms with Crippen LogP contribution < -0.4 is 4.74 Å². The van der Waals surface area contributed by atoms with Crippen LogP contribution >= 0.6 is 12.2 Å². The Morgan fingerprint density at radius 1 is 1.45 bits per heavy atom. The third-order valence-corrected chi connectivity index (χ3v) is 1.63. The molecule has 0 fully saturated rings. The SMILES string of the molecule is COc1c(C)nc(=S)[nH]c1C. The summed E-state index contributed by atoms with van der Waals surface area (Å²) in [6.45, 7) is 3.78. The van der Waals surface area contributed by atoms with Crippen molar-refractivity contribution in [1.29, 1.82) is 0 Å². The minimum absolute atomic E-state index is 0.501. The number of hydrogen-bond acceptors (Lipinski definition) is 3. The largest absolute Gasteiger partial charge is 0.493 e. The van der Waals surface area contributed by atoms with E-state index in [1.54, 1.807) is 7.11 Å². The van der Waals surface area contributed by atoms with Gasteiger partial charge in [0.15, 0.2) is 10.5 Å². The highest BCUT2D eigenvalue weighted by Gasteiger charge is 2.02. The van der Waals surface area contributed by atoms with Crippen molar-refractivity contribution in [3.05, 3.63) is 16.2 Å². The molecule has 11 heavy (non-hydrogen) atoms. The second-order valence-corrected chi connectivity index (χ2v) is 2.67. The fraction of sp³-hybridized carbons (Fsp3) is 0.429. The maximum absolute atomic E-state index is 5.09. The van der Waals surface area contributed by atoms with Crippen molar-refractivity contribution in [3.63, 3.8) is 0 Å². The average Bonchev–Trinajstić information content (AvgIpc) is 1.85. The van der Waals surface area contributed by atoms with Crippen LogP contribution in [-0.2, 0) is 0 Å². The Balaban J connectivity index is 3.36. The van der Waals surface area contributed by atoms with Gasteiger partial charge < -0.3 is 9.72 Å². The fourth-order valence-corrected chi connectivity index (χ4v) is 1.31. The highest BCUT2D eigenvalue weighted by Crippen LogP contribution is 2.17. The molecule has 0 saturated heterocycles. The monoisotopic (exact) mass is 170 g/mol. The molecule has 1 heterocycles. The average molecular weight is 170 g/mol. The summed E-state index contributed by atoms with van der Waals surface area (Å²) in [5, 5.41) is 0. The van der Waals surface area contributed by atoms with E-state index in [-0.39, 0.29) is 0 Å². The molecule has 0 unspecified atom stereocenters. The summed E-state index contributed by atoms with van der Waals surface area (Å²) >= 11 is 4.87. The van der Waals surface area contributed by atoms with Gasteiger partial charge in [-0.05, 0) is 26.1 Å². The molecule has 1 rings (SSSR count). The lowest BCUT2D eigenvalue weighted by Crippen LogP contribution is -1.97. The predicted octanol–water partition coefficient (Wildman–Crippen LogP) is 1.76. The van der Waals surface area contributed by atoms with Crippen LogP contribution in [0.15, 0.2) is 0 Å². The van der Waals surface area contributed by atoms with E-state index in [1.165, 1.54) is 0 Å². The van der Waals surface area contributed by atoms with E-state index in [1.807, 2.05) is 13.8 Å². The van der Waals surface area contributed by atoms with Crippen LogP contribution in [0, 0.1) is 18.6 Å². The van der Waals surface area contributed by atoms with Crippen molar-refractivity contribution < 1.29 is 4.74 Å². The van der Waals surface area contributed by atoms with Crippen LogP contribution in [0.5, 0.6) is 5.75 Å². The molecular weight excluding hydrogens is 160 g/mol. The van der Waals surface area contributed by atoms with E-state index in [2.05, 4.69) is 9.97 Å². The summed E-state index contributed by atoms with van der Waals surface area (Å²) in [7, 11) is 1.62. The first kappa shape index (κ1) is 8.20. The fourth-order valence-electron chi connectivity index (χ4n) is 1.02. The Kier molecular flexibility index (Phi) is 2.24. The third kappa shape index (κ3) is 1.57. The molecule has 1 aromatic heterocycles. The molecule has 0 saturated carbocycles. The molecule has 0 aliphatic heterocycles. The van der Waals surface area contributed by atoms with Crippen LogP contribution in [0.1, 0.15) is 11.4 Å². The molecule has 0 aliphatic carbocycles. The Bertz CT molecular complexity index is 292. The molecule has 3 nitrogen and oxygen atoms in total. The lowest BCUT2D eigenvalue weighted by molar-refractivity contribution is 0.403. The second-order valence-electron chi connectivity index (χ2n) is 2.29. The molecule has 0 amide bonds. The molecule has 1 N–H and O–H groups in total. The molecule has 0 atom stereocenters. The number of aromatic amines is 1. The van der Waals surface area contributed by atoms with Gasteiger partial charge in [0.05, 0.1) is 18.5 Å². The molecule has 0 bridgehead atoms. The van der Waals surface area contributed by atoms with E-state index in [9.17, 15) is 0 Å². The Morgan fingerprint density at radius 2 is 2.09 bits per heavy atom. The van der Waals surface area contributed by atoms with Crippen molar-refractivity contribution in [2.45, 2.75) is 13.8 Å². The van der Waals surface area contributed by atoms with Crippen LogP contribution in [0.3, 0.4) is 0 Å². The Labute approximate surface area is 70.4 Å². The van der Waals surface area contributed by atoms with Gasteiger partial charge in [-0.2, -0.15) is 0 Å². The molecule has 60 valence electrons. The zero-order valence-corrected chi connectivity index (χ0v) is 7.58. The minimum atomic E-state index is 0.501. The number of ether oxygens (including phenoxy) is 1. The van der Waals surface area contributed by atoms with Crippen LogP contribution in [0.4, 0.5) is 0 Å². The number of rotatable bonds is 1. The number of methoxy groups -OCH3 is 1. The van der Waals surface area contributed by atoms with Gasteiger partial charge in [0, 0.05) is 0 Å². The highest BCUT2D eigenvalue weighted by molar-refractivity contribution is 7.71. The van der Waals surface area contributed by atoms with Crippen molar-refractivity contribution in [3.8, 4) is 5.75 Å². The maximum Gasteiger partial charge on any atom is 0.197 e. The summed E-state index contributed by atoms with van der Waals surface area (Å²) in [6.07, 6.45) is 0. The van der Waals surface area contributed by atoms with Crippen molar-refractivity contribution in [2.24, 2.45) is 0 Å². The topological polar surface area (TPSA) is 37.9 Å². The Hall–Kier alpha value is -0.900. The molecular formula is C7H10N2OS. The quantitative estimate of drug-likeness (QED) is 0.653. The minimum Gasteiger partial charge on any atom is -0.493 e. The zero-order chi connectivity index (χ0) is 8.43. The van der Waals surface area contributed by atoms with Crippen LogP contribution in [0.2, 0.25) is 0 Å². The number of nitrogens with one attached hydrogen (secondary N) is 1. The Morgan fingerprint density at radius 3 is 2.55 bits per heavy atom. The summed E-state index contributed by atoms with van der Waals surface area (Å²) in [4.78, 5) is 6.95. The van der Waals surface area contributed by atoms with E-state index in [0.717, 1.165) is 17.1 Å².